The van der Waals surface area contributed by atoms with Gasteiger partial charge in [-0.2, -0.15) is 15.2 Å². The highest BCUT2D eigenvalue weighted by Gasteiger charge is 2.18. The lowest BCUT2D eigenvalue weighted by Crippen LogP contribution is -2.44. The number of nitrogens with zero attached hydrogens (tertiary/aromatic N) is 5. The highest BCUT2D eigenvalue weighted by atomic mass is 16.5. The van der Waals surface area contributed by atoms with Gasteiger partial charge in [0.1, 0.15) is 11.5 Å². The standard InChI is InChI=1S/C18H32N6O2.C3H6.C2H3N/c1-5-6-14(12-23(3)4)13-26-18-21-15(17(25)19-2)11-16(22-18)24-9-7-20-8-10-24;1-3-2;1-2-3/h11,14,20H,5-10,12-13H2,1-4H3,(H,19,25);3H,1H2,2H3;1H3. The predicted octanol–water partition coefficient (Wildman–Crippen LogP) is 2.32. The second kappa shape index (κ2) is 17.9. The van der Waals surface area contributed by atoms with Crippen LogP contribution in [-0.4, -0.2) is 81.2 Å². The maximum atomic E-state index is 12.1. The molecule has 2 rings (SSSR count). The molecule has 0 aliphatic carbocycles. The van der Waals surface area contributed by atoms with Crippen molar-refractivity contribution in [1.29, 1.82) is 5.26 Å². The molecule has 9 heteroatoms. The van der Waals surface area contributed by atoms with Crippen LogP contribution in [0.5, 0.6) is 6.01 Å². The zero-order valence-corrected chi connectivity index (χ0v) is 20.6. The van der Waals surface area contributed by atoms with Crippen molar-refractivity contribution >= 4 is 11.7 Å². The molecule has 1 amide bonds. The molecule has 0 aromatic carbocycles. The van der Waals surface area contributed by atoms with Crippen molar-refractivity contribution in [3.63, 3.8) is 0 Å². The fourth-order valence-corrected chi connectivity index (χ4v) is 3.12. The van der Waals surface area contributed by atoms with Gasteiger partial charge in [0.25, 0.3) is 5.91 Å². The van der Waals surface area contributed by atoms with Crippen LogP contribution in [0.4, 0.5) is 5.82 Å². The van der Waals surface area contributed by atoms with E-state index < -0.39 is 0 Å². The first kappa shape index (κ1) is 29.3. The fraction of sp³-hybridized carbons (Fsp3) is 0.652. The van der Waals surface area contributed by atoms with E-state index in [2.05, 4.69) is 58.0 Å². The third kappa shape index (κ3) is 12.2. The van der Waals surface area contributed by atoms with E-state index in [1.807, 2.05) is 6.92 Å². The summed E-state index contributed by atoms with van der Waals surface area (Å²) in [7, 11) is 5.73. The molecule has 1 atom stereocenters. The van der Waals surface area contributed by atoms with Crippen molar-refractivity contribution in [1.82, 2.24) is 25.5 Å². The summed E-state index contributed by atoms with van der Waals surface area (Å²) in [5.41, 5.74) is 0.339. The number of anilines is 1. The number of carbonyl (C=O) groups excluding carboxylic acids is 1. The van der Waals surface area contributed by atoms with Crippen LogP contribution in [0, 0.1) is 17.2 Å². The minimum Gasteiger partial charge on any atom is -0.463 e. The van der Waals surface area contributed by atoms with E-state index in [4.69, 9.17) is 10.00 Å². The molecule has 2 N–H and O–H groups in total. The molecule has 1 fully saturated rings. The van der Waals surface area contributed by atoms with Gasteiger partial charge in [0, 0.05) is 58.7 Å². The average Bonchev–Trinajstić information content (AvgIpc) is 2.78. The van der Waals surface area contributed by atoms with Crippen LogP contribution in [0.3, 0.4) is 0 Å². The SMILES string of the molecule is C=CC.CC#N.CCCC(COc1nc(C(=O)NC)cc(N2CCNCC2)n1)CN(C)C. The normalized spacial score (nSPS) is 13.5. The molecule has 0 spiro atoms. The third-order valence-corrected chi connectivity index (χ3v) is 4.36. The van der Waals surface area contributed by atoms with Crippen molar-refractivity contribution < 1.29 is 9.53 Å². The minimum absolute atomic E-state index is 0.230. The lowest BCUT2D eigenvalue weighted by Gasteiger charge is -2.28. The van der Waals surface area contributed by atoms with E-state index in [0.717, 1.165) is 51.4 Å². The molecule has 1 unspecified atom stereocenters. The lowest BCUT2D eigenvalue weighted by molar-refractivity contribution is 0.0956. The maximum absolute atomic E-state index is 12.1. The number of nitrogens with one attached hydrogen (secondary N) is 2. The van der Waals surface area contributed by atoms with Crippen LogP contribution >= 0.6 is 0 Å². The molecule has 1 aromatic rings. The topological polar surface area (TPSA) is 106 Å². The van der Waals surface area contributed by atoms with Crippen LogP contribution in [0.15, 0.2) is 18.7 Å². The highest BCUT2D eigenvalue weighted by molar-refractivity contribution is 5.92. The van der Waals surface area contributed by atoms with Crippen molar-refractivity contribution in [2.24, 2.45) is 5.92 Å². The number of ether oxygens (including phenoxy) is 1. The smallest absolute Gasteiger partial charge is 0.319 e. The van der Waals surface area contributed by atoms with Gasteiger partial charge in [-0.05, 0) is 27.4 Å². The molecular weight excluding hydrogens is 406 g/mol. The largest absolute Gasteiger partial charge is 0.463 e. The molecule has 0 saturated carbocycles. The number of carbonyl (C=O) groups is 1. The molecule has 1 saturated heterocycles. The monoisotopic (exact) mass is 447 g/mol. The van der Waals surface area contributed by atoms with Crippen LogP contribution < -0.4 is 20.3 Å². The third-order valence-electron chi connectivity index (χ3n) is 4.36. The molecule has 9 nitrogen and oxygen atoms in total. The van der Waals surface area contributed by atoms with Gasteiger partial charge >= 0.3 is 6.01 Å². The Hall–Kier alpha value is -2.70. The Kier molecular flexibility index (Phi) is 16.4. The van der Waals surface area contributed by atoms with Gasteiger partial charge in [-0.15, -0.1) is 6.58 Å². The molecule has 2 heterocycles. The van der Waals surface area contributed by atoms with E-state index in [1.165, 1.54) is 6.92 Å². The number of amides is 1. The van der Waals surface area contributed by atoms with Gasteiger partial charge in [-0.25, -0.2) is 0 Å². The van der Waals surface area contributed by atoms with Gasteiger partial charge < -0.3 is 25.2 Å². The second-order valence-corrected chi connectivity index (χ2v) is 7.57. The first-order valence-corrected chi connectivity index (χ1v) is 11.1. The van der Waals surface area contributed by atoms with Gasteiger partial charge in [0.15, 0.2) is 0 Å². The maximum Gasteiger partial charge on any atom is 0.319 e. The predicted molar refractivity (Wildman–Crippen MR) is 130 cm³/mol. The van der Waals surface area contributed by atoms with E-state index >= 15 is 0 Å². The fourth-order valence-electron chi connectivity index (χ4n) is 3.12. The average molecular weight is 448 g/mol. The van der Waals surface area contributed by atoms with E-state index in [0.29, 0.717) is 18.2 Å². The zero-order chi connectivity index (χ0) is 24.4. The van der Waals surface area contributed by atoms with Crippen LogP contribution in [0.1, 0.15) is 44.1 Å². The van der Waals surface area contributed by atoms with Gasteiger partial charge in [-0.1, -0.05) is 19.4 Å². The molecule has 0 radical (unpaired) electrons. The quantitative estimate of drug-likeness (QED) is 0.556. The zero-order valence-electron chi connectivity index (χ0n) is 20.6. The Labute approximate surface area is 193 Å². The molecular formula is C23H41N7O2. The summed E-state index contributed by atoms with van der Waals surface area (Å²) in [5.74, 6) is 0.923. The Morgan fingerprint density at radius 1 is 1.44 bits per heavy atom. The summed E-state index contributed by atoms with van der Waals surface area (Å²) in [5, 5.41) is 13.3. The van der Waals surface area contributed by atoms with Gasteiger partial charge in [0.2, 0.25) is 0 Å². The number of rotatable bonds is 9. The number of allylic oxidation sites excluding steroid dienone is 1. The second-order valence-electron chi connectivity index (χ2n) is 7.57. The molecule has 32 heavy (non-hydrogen) atoms. The van der Waals surface area contributed by atoms with Gasteiger partial charge in [0.05, 0.1) is 12.7 Å². The van der Waals surface area contributed by atoms with Crippen LogP contribution in [0.25, 0.3) is 0 Å². The summed E-state index contributed by atoms with van der Waals surface area (Å²) >= 11 is 0. The van der Waals surface area contributed by atoms with E-state index in [1.54, 1.807) is 25.3 Å². The Bertz CT molecular complexity index is 698. The molecule has 0 bridgehead atoms. The summed E-state index contributed by atoms with van der Waals surface area (Å²) in [4.78, 5) is 25.3. The van der Waals surface area contributed by atoms with Crippen molar-refractivity contribution in [2.75, 3.05) is 65.4 Å². The number of nitriles is 1. The molecule has 1 aliphatic rings. The van der Waals surface area contributed by atoms with E-state index in [-0.39, 0.29) is 11.9 Å². The first-order valence-electron chi connectivity index (χ1n) is 11.1. The Morgan fingerprint density at radius 3 is 2.53 bits per heavy atom. The lowest BCUT2D eigenvalue weighted by atomic mass is 10.0. The summed E-state index contributed by atoms with van der Waals surface area (Å²) < 4.78 is 5.92. The van der Waals surface area contributed by atoms with E-state index in [9.17, 15) is 4.79 Å². The molecule has 1 aliphatic heterocycles. The Morgan fingerprint density at radius 2 is 2.03 bits per heavy atom. The number of piperazine rings is 1. The summed E-state index contributed by atoms with van der Waals surface area (Å²) in [6.07, 6.45) is 3.94. The molecule has 180 valence electrons. The number of aromatic nitrogens is 2. The number of hydrogen-bond donors (Lipinski definition) is 2. The van der Waals surface area contributed by atoms with Crippen molar-refractivity contribution in [3.8, 4) is 12.1 Å². The summed E-state index contributed by atoms with van der Waals surface area (Å²) in [6, 6.07) is 3.76. The van der Waals surface area contributed by atoms with Gasteiger partial charge in [-0.3, -0.25) is 4.79 Å². The molecule has 1 aromatic heterocycles. The Balaban J connectivity index is 0.00000144. The van der Waals surface area contributed by atoms with Crippen molar-refractivity contribution in [2.45, 2.75) is 33.6 Å². The first-order chi connectivity index (χ1) is 15.4. The van der Waals surface area contributed by atoms with Crippen molar-refractivity contribution in [3.05, 3.63) is 24.4 Å². The summed E-state index contributed by atoms with van der Waals surface area (Å²) in [6.45, 7) is 13.9. The van der Waals surface area contributed by atoms with Crippen LogP contribution in [0.2, 0.25) is 0 Å². The minimum atomic E-state index is -0.230. The highest BCUT2D eigenvalue weighted by Crippen LogP contribution is 2.18. The van der Waals surface area contributed by atoms with Crippen LogP contribution in [-0.2, 0) is 0 Å². The number of hydrogen-bond acceptors (Lipinski definition) is 8.